The molecule has 3 aromatic rings. The monoisotopic (exact) mass is 431 g/mol. The molecule has 0 radical (unpaired) electrons. The van der Waals surface area contributed by atoms with Crippen molar-refractivity contribution >= 4 is 34.6 Å². The van der Waals surface area contributed by atoms with Crippen LogP contribution in [-0.4, -0.2) is 65.4 Å². The average Bonchev–Trinajstić information content (AvgIpc) is 3.03. The summed E-state index contributed by atoms with van der Waals surface area (Å²) in [4.78, 5) is 27.0. The number of carbonyl (C=O) groups is 1. The molecule has 5 rings (SSSR count). The van der Waals surface area contributed by atoms with E-state index in [0.717, 1.165) is 48.9 Å². The second kappa shape index (κ2) is 8.67. The number of anilines is 1. The first-order valence-corrected chi connectivity index (χ1v) is 10.8. The van der Waals surface area contributed by atoms with E-state index in [1.165, 1.54) is 22.0 Å². The van der Waals surface area contributed by atoms with Crippen molar-refractivity contribution in [1.29, 1.82) is 0 Å². The van der Waals surface area contributed by atoms with Gasteiger partial charge in [-0.3, -0.25) is 9.79 Å². The largest absolute Gasteiger partial charge is 0.483 e. The van der Waals surface area contributed by atoms with Crippen LogP contribution in [0.3, 0.4) is 0 Å². The molecule has 0 unspecified atom stereocenters. The van der Waals surface area contributed by atoms with E-state index in [2.05, 4.69) is 77.9 Å². The number of benzene rings is 2. The van der Waals surface area contributed by atoms with Gasteiger partial charge in [-0.2, -0.15) is 0 Å². The van der Waals surface area contributed by atoms with Gasteiger partial charge in [-0.25, -0.2) is 9.97 Å². The molecule has 0 saturated carbocycles. The molecule has 166 valence electrons. The van der Waals surface area contributed by atoms with Gasteiger partial charge in [-0.1, -0.05) is 32.0 Å². The molecule has 2 aromatic carbocycles. The highest BCUT2D eigenvalue weighted by Crippen LogP contribution is 2.44. The van der Waals surface area contributed by atoms with Crippen molar-refractivity contribution in [2.75, 3.05) is 38.1 Å². The van der Waals surface area contributed by atoms with Crippen LogP contribution < -0.4 is 4.90 Å². The summed E-state index contributed by atoms with van der Waals surface area (Å²) < 4.78 is 0. The van der Waals surface area contributed by atoms with Crippen molar-refractivity contribution in [3.8, 4) is 11.1 Å². The van der Waals surface area contributed by atoms with E-state index >= 15 is 0 Å². The number of piperazine rings is 1. The smallest absolute Gasteiger partial charge is 0.290 e. The van der Waals surface area contributed by atoms with Crippen LogP contribution in [0.1, 0.15) is 26.3 Å². The molecule has 1 aromatic heterocycles. The number of rotatable bonds is 2. The van der Waals surface area contributed by atoms with Crippen LogP contribution >= 0.6 is 0 Å². The van der Waals surface area contributed by atoms with Crippen LogP contribution in [-0.2, 0) is 10.2 Å². The van der Waals surface area contributed by atoms with Gasteiger partial charge in [0, 0.05) is 55.3 Å². The Bertz CT molecular complexity index is 1160. The summed E-state index contributed by atoms with van der Waals surface area (Å²) in [7, 11) is 2.16. The Hall–Kier alpha value is -3.32. The fourth-order valence-electron chi connectivity index (χ4n) is 4.39. The van der Waals surface area contributed by atoms with Gasteiger partial charge < -0.3 is 14.9 Å². The molecule has 2 aliphatic rings. The first-order valence-electron chi connectivity index (χ1n) is 10.8. The summed E-state index contributed by atoms with van der Waals surface area (Å²) in [5.74, 6) is 0.829. The number of nitrogens with zero attached hydrogens (tertiary/aromatic N) is 5. The Morgan fingerprint density at radius 3 is 2.31 bits per heavy atom. The van der Waals surface area contributed by atoms with Gasteiger partial charge in [0.2, 0.25) is 5.95 Å². The molecular weight excluding hydrogens is 402 g/mol. The lowest BCUT2D eigenvalue weighted by molar-refractivity contribution is -0.122. The van der Waals surface area contributed by atoms with Crippen LogP contribution in [0.25, 0.3) is 21.9 Å². The van der Waals surface area contributed by atoms with E-state index in [9.17, 15) is 0 Å². The van der Waals surface area contributed by atoms with E-state index in [1.807, 2.05) is 12.4 Å². The fourth-order valence-corrected chi connectivity index (χ4v) is 4.39. The maximum atomic E-state index is 8.36. The molecule has 32 heavy (non-hydrogen) atoms. The number of hydrogen-bond donors (Lipinski definition) is 1. The molecule has 0 aliphatic carbocycles. The van der Waals surface area contributed by atoms with Gasteiger partial charge >= 0.3 is 0 Å². The quantitative estimate of drug-likeness (QED) is 0.615. The summed E-state index contributed by atoms with van der Waals surface area (Å²) in [6, 6.07) is 11.0. The van der Waals surface area contributed by atoms with Crippen molar-refractivity contribution in [1.82, 2.24) is 14.9 Å². The van der Waals surface area contributed by atoms with Crippen molar-refractivity contribution in [3.63, 3.8) is 0 Å². The minimum Gasteiger partial charge on any atom is -0.483 e. The molecule has 3 heterocycles. The molecule has 7 nitrogen and oxygen atoms in total. The average molecular weight is 432 g/mol. The Labute approximate surface area is 188 Å². The first kappa shape index (κ1) is 21.9. The zero-order valence-electron chi connectivity index (χ0n) is 19.0. The SMILES string of the molecule is CC1=Nc2ccc3cc(-c4cnc(N5CCN(C)CC5)nc4)ccc3c2C1(C)C.O=CO. The van der Waals surface area contributed by atoms with Crippen LogP contribution in [0.15, 0.2) is 47.7 Å². The molecule has 0 amide bonds. The van der Waals surface area contributed by atoms with E-state index in [1.54, 1.807) is 0 Å². The third-order valence-corrected chi connectivity index (χ3v) is 6.57. The number of fused-ring (bicyclic) bond motifs is 3. The summed E-state index contributed by atoms with van der Waals surface area (Å²) in [6.07, 6.45) is 3.90. The lowest BCUT2D eigenvalue weighted by atomic mass is 9.79. The fraction of sp³-hybridized carbons (Fsp3) is 0.360. The number of aliphatic imine (C=N–C) groups is 1. The number of hydrogen-bond acceptors (Lipinski definition) is 6. The highest BCUT2D eigenvalue weighted by Gasteiger charge is 2.33. The maximum Gasteiger partial charge on any atom is 0.290 e. The zero-order valence-corrected chi connectivity index (χ0v) is 19.0. The normalized spacial score (nSPS) is 17.4. The molecule has 7 heteroatoms. The van der Waals surface area contributed by atoms with E-state index in [0.29, 0.717) is 0 Å². The lowest BCUT2D eigenvalue weighted by Gasteiger charge is -2.32. The molecule has 1 saturated heterocycles. The van der Waals surface area contributed by atoms with E-state index < -0.39 is 0 Å². The van der Waals surface area contributed by atoms with Crippen molar-refractivity contribution < 1.29 is 9.90 Å². The highest BCUT2D eigenvalue weighted by molar-refractivity contribution is 6.06. The Morgan fingerprint density at radius 1 is 1.00 bits per heavy atom. The molecule has 1 fully saturated rings. The maximum absolute atomic E-state index is 8.36. The predicted molar refractivity (Wildman–Crippen MR) is 129 cm³/mol. The van der Waals surface area contributed by atoms with Gasteiger partial charge in [0.15, 0.2) is 0 Å². The van der Waals surface area contributed by atoms with Crippen LogP contribution in [0.4, 0.5) is 11.6 Å². The van der Waals surface area contributed by atoms with Gasteiger partial charge in [0.25, 0.3) is 6.47 Å². The molecular formula is C25H29N5O2. The van der Waals surface area contributed by atoms with Gasteiger partial charge in [0.1, 0.15) is 0 Å². The Morgan fingerprint density at radius 2 is 1.66 bits per heavy atom. The second-order valence-electron chi connectivity index (χ2n) is 8.89. The summed E-state index contributed by atoms with van der Waals surface area (Å²) in [5, 5.41) is 9.41. The molecule has 0 spiro atoms. The van der Waals surface area contributed by atoms with Crippen molar-refractivity contribution in [3.05, 3.63) is 48.3 Å². The highest BCUT2D eigenvalue weighted by atomic mass is 16.3. The third-order valence-electron chi connectivity index (χ3n) is 6.57. The van der Waals surface area contributed by atoms with Crippen LogP contribution in [0.2, 0.25) is 0 Å². The lowest BCUT2D eigenvalue weighted by Crippen LogP contribution is -2.45. The minimum atomic E-state index is -0.250. The third kappa shape index (κ3) is 3.96. The summed E-state index contributed by atoms with van der Waals surface area (Å²) in [5.41, 5.74) is 5.79. The van der Waals surface area contributed by atoms with Gasteiger partial charge in [-0.05, 0) is 48.0 Å². The van der Waals surface area contributed by atoms with E-state index in [4.69, 9.17) is 14.9 Å². The standard InChI is InChI=1S/C24H27N5.CH2O2/c1-16-24(2,3)22-20-7-5-17(13-18(20)6-8-21(22)27-16)19-14-25-23(26-15-19)29-11-9-28(4)10-12-29;2-1-3/h5-8,13-15H,9-12H2,1-4H3;1H,(H,2,3). The minimum absolute atomic E-state index is 0.0242. The number of carboxylic acid groups (broad SMARTS) is 1. The van der Waals surface area contributed by atoms with Crippen molar-refractivity contribution in [2.24, 2.45) is 4.99 Å². The predicted octanol–water partition coefficient (Wildman–Crippen LogP) is 4.13. The van der Waals surface area contributed by atoms with Crippen LogP contribution in [0, 0.1) is 0 Å². The Kier molecular flexibility index (Phi) is 5.93. The number of likely N-dealkylation sites (N-methyl/N-ethyl adjacent to an activating group) is 1. The van der Waals surface area contributed by atoms with E-state index in [-0.39, 0.29) is 11.9 Å². The molecule has 0 bridgehead atoms. The summed E-state index contributed by atoms with van der Waals surface area (Å²) in [6.45, 7) is 10.5. The second-order valence-corrected chi connectivity index (χ2v) is 8.89. The molecule has 1 N–H and O–H groups in total. The van der Waals surface area contributed by atoms with Gasteiger partial charge in [0.05, 0.1) is 5.69 Å². The molecule has 2 aliphatic heterocycles. The topological polar surface area (TPSA) is 81.9 Å². The zero-order chi connectivity index (χ0) is 22.9. The first-order chi connectivity index (χ1) is 15.3. The van der Waals surface area contributed by atoms with Crippen LogP contribution in [0.5, 0.6) is 0 Å². The number of aromatic nitrogens is 2. The molecule has 0 atom stereocenters. The Balaban J connectivity index is 0.000000775. The van der Waals surface area contributed by atoms with Gasteiger partial charge in [-0.15, -0.1) is 0 Å². The summed E-state index contributed by atoms with van der Waals surface area (Å²) >= 11 is 0. The van der Waals surface area contributed by atoms with Crippen molar-refractivity contribution in [2.45, 2.75) is 26.2 Å².